The Bertz CT molecular complexity index is 782. The SMILES string of the molecule is O=C(c1ccccc1N1CCCC1=O)N1CCN(Cc2ccsc2)CC1. The third-order valence-corrected chi connectivity index (χ3v) is 5.88. The minimum Gasteiger partial charge on any atom is -0.336 e. The summed E-state index contributed by atoms with van der Waals surface area (Å²) in [5.41, 5.74) is 2.75. The zero-order chi connectivity index (χ0) is 17.9. The molecule has 2 aliphatic rings. The Morgan fingerprint density at radius 3 is 2.54 bits per heavy atom. The highest BCUT2D eigenvalue weighted by molar-refractivity contribution is 7.07. The Balaban J connectivity index is 1.43. The summed E-state index contributed by atoms with van der Waals surface area (Å²) in [7, 11) is 0. The summed E-state index contributed by atoms with van der Waals surface area (Å²) in [6.07, 6.45) is 1.44. The molecule has 2 fully saturated rings. The highest BCUT2D eigenvalue weighted by Crippen LogP contribution is 2.27. The maximum atomic E-state index is 13.1. The van der Waals surface area contributed by atoms with Crippen LogP contribution in [0, 0.1) is 0 Å². The lowest BCUT2D eigenvalue weighted by molar-refractivity contribution is -0.117. The van der Waals surface area contributed by atoms with E-state index in [4.69, 9.17) is 0 Å². The summed E-state index contributed by atoms with van der Waals surface area (Å²) >= 11 is 1.72. The van der Waals surface area contributed by atoms with Gasteiger partial charge >= 0.3 is 0 Å². The van der Waals surface area contributed by atoms with Gasteiger partial charge in [0.15, 0.2) is 0 Å². The molecule has 0 aliphatic carbocycles. The number of hydrogen-bond acceptors (Lipinski definition) is 4. The molecule has 0 spiro atoms. The molecule has 0 atom stereocenters. The molecule has 6 heteroatoms. The van der Waals surface area contributed by atoms with Crippen LogP contribution < -0.4 is 4.90 Å². The van der Waals surface area contributed by atoms with Gasteiger partial charge in [0.1, 0.15) is 0 Å². The molecule has 0 saturated carbocycles. The van der Waals surface area contributed by atoms with Crippen LogP contribution in [0.3, 0.4) is 0 Å². The van der Waals surface area contributed by atoms with Crippen LogP contribution in [0.25, 0.3) is 0 Å². The highest BCUT2D eigenvalue weighted by Gasteiger charge is 2.28. The number of thiophene rings is 1. The van der Waals surface area contributed by atoms with Crippen molar-refractivity contribution < 1.29 is 9.59 Å². The van der Waals surface area contributed by atoms with E-state index in [1.807, 2.05) is 29.2 Å². The first kappa shape index (κ1) is 17.2. The number of benzene rings is 1. The van der Waals surface area contributed by atoms with Gasteiger partial charge in [-0.15, -0.1) is 0 Å². The molecule has 0 N–H and O–H groups in total. The molecular weight excluding hydrogens is 346 g/mol. The minimum atomic E-state index is 0.0375. The van der Waals surface area contributed by atoms with Crippen molar-refractivity contribution in [3.63, 3.8) is 0 Å². The molecule has 2 aliphatic heterocycles. The molecule has 136 valence electrons. The van der Waals surface area contributed by atoms with Crippen LogP contribution in [0.5, 0.6) is 0 Å². The predicted molar refractivity (Wildman–Crippen MR) is 104 cm³/mol. The number of hydrogen-bond donors (Lipinski definition) is 0. The van der Waals surface area contributed by atoms with Crippen molar-refractivity contribution in [2.75, 3.05) is 37.6 Å². The maximum Gasteiger partial charge on any atom is 0.256 e. The van der Waals surface area contributed by atoms with Crippen molar-refractivity contribution >= 4 is 28.8 Å². The molecule has 5 nitrogen and oxygen atoms in total. The van der Waals surface area contributed by atoms with Crippen molar-refractivity contribution in [3.8, 4) is 0 Å². The summed E-state index contributed by atoms with van der Waals surface area (Å²) < 4.78 is 0. The fraction of sp³-hybridized carbons (Fsp3) is 0.400. The lowest BCUT2D eigenvalue weighted by Gasteiger charge is -2.35. The molecule has 3 heterocycles. The number of rotatable bonds is 4. The first-order valence-electron chi connectivity index (χ1n) is 9.14. The molecule has 1 aromatic heterocycles. The van der Waals surface area contributed by atoms with Gasteiger partial charge in [0.25, 0.3) is 5.91 Å². The van der Waals surface area contributed by atoms with Gasteiger partial charge in [-0.05, 0) is 40.9 Å². The van der Waals surface area contributed by atoms with E-state index in [-0.39, 0.29) is 11.8 Å². The predicted octanol–water partition coefficient (Wildman–Crippen LogP) is 2.83. The summed E-state index contributed by atoms with van der Waals surface area (Å²) in [6, 6.07) is 9.68. The quantitative estimate of drug-likeness (QED) is 0.832. The van der Waals surface area contributed by atoms with E-state index in [9.17, 15) is 9.59 Å². The Morgan fingerprint density at radius 2 is 1.85 bits per heavy atom. The average molecular weight is 369 g/mol. The molecule has 0 unspecified atom stereocenters. The number of para-hydroxylation sites is 1. The molecule has 26 heavy (non-hydrogen) atoms. The molecule has 0 bridgehead atoms. The van der Waals surface area contributed by atoms with E-state index >= 15 is 0 Å². The van der Waals surface area contributed by atoms with Gasteiger partial charge in [-0.3, -0.25) is 14.5 Å². The smallest absolute Gasteiger partial charge is 0.256 e. The number of nitrogens with zero attached hydrogens (tertiary/aromatic N) is 3. The largest absolute Gasteiger partial charge is 0.336 e. The van der Waals surface area contributed by atoms with Crippen LogP contribution in [0.4, 0.5) is 5.69 Å². The van der Waals surface area contributed by atoms with Crippen LogP contribution in [0.1, 0.15) is 28.8 Å². The van der Waals surface area contributed by atoms with Crippen molar-refractivity contribution in [2.45, 2.75) is 19.4 Å². The fourth-order valence-corrected chi connectivity index (χ4v) is 4.37. The fourth-order valence-electron chi connectivity index (χ4n) is 3.71. The molecular formula is C20H23N3O2S. The van der Waals surface area contributed by atoms with Crippen LogP contribution in [-0.2, 0) is 11.3 Å². The second-order valence-corrected chi connectivity index (χ2v) is 7.65. The number of piperazine rings is 1. The van der Waals surface area contributed by atoms with Crippen molar-refractivity contribution in [1.29, 1.82) is 0 Å². The van der Waals surface area contributed by atoms with Crippen LogP contribution in [0.2, 0.25) is 0 Å². The number of anilines is 1. The third-order valence-electron chi connectivity index (χ3n) is 5.14. The van der Waals surface area contributed by atoms with E-state index in [0.29, 0.717) is 18.5 Å². The highest BCUT2D eigenvalue weighted by atomic mass is 32.1. The zero-order valence-corrected chi connectivity index (χ0v) is 15.6. The van der Waals surface area contributed by atoms with Crippen molar-refractivity contribution in [1.82, 2.24) is 9.80 Å². The third kappa shape index (κ3) is 3.52. The van der Waals surface area contributed by atoms with E-state index in [1.165, 1.54) is 5.56 Å². The van der Waals surface area contributed by atoms with Crippen LogP contribution in [0.15, 0.2) is 41.1 Å². The molecule has 1 aromatic carbocycles. The lowest BCUT2D eigenvalue weighted by Crippen LogP contribution is -2.48. The maximum absolute atomic E-state index is 13.1. The standard InChI is InChI=1S/C20H23N3O2S/c24-19-6-3-8-23(19)18-5-2-1-4-17(18)20(25)22-11-9-21(10-12-22)14-16-7-13-26-15-16/h1-2,4-5,7,13,15H,3,6,8-12,14H2. The van der Waals surface area contributed by atoms with Crippen LogP contribution >= 0.6 is 11.3 Å². The Morgan fingerprint density at radius 1 is 1.04 bits per heavy atom. The summed E-state index contributed by atoms with van der Waals surface area (Å²) in [6.45, 7) is 4.87. The second-order valence-electron chi connectivity index (χ2n) is 6.87. The average Bonchev–Trinajstić information content (AvgIpc) is 3.33. The van der Waals surface area contributed by atoms with Gasteiger partial charge in [0, 0.05) is 45.7 Å². The van der Waals surface area contributed by atoms with Crippen molar-refractivity contribution in [2.24, 2.45) is 0 Å². The molecule has 0 radical (unpaired) electrons. The second kappa shape index (κ2) is 7.60. The summed E-state index contributed by atoms with van der Waals surface area (Å²) in [5.74, 6) is 0.154. The van der Waals surface area contributed by atoms with Gasteiger partial charge < -0.3 is 9.80 Å². The van der Waals surface area contributed by atoms with Gasteiger partial charge in [-0.25, -0.2) is 0 Å². The van der Waals surface area contributed by atoms with E-state index in [0.717, 1.165) is 44.8 Å². The van der Waals surface area contributed by atoms with E-state index < -0.39 is 0 Å². The lowest BCUT2D eigenvalue weighted by atomic mass is 10.1. The Kier molecular flexibility index (Phi) is 5.04. The first-order valence-corrected chi connectivity index (χ1v) is 10.1. The Hall–Kier alpha value is -2.18. The monoisotopic (exact) mass is 369 g/mol. The van der Waals surface area contributed by atoms with Crippen molar-refractivity contribution in [3.05, 3.63) is 52.2 Å². The van der Waals surface area contributed by atoms with Crippen LogP contribution in [-0.4, -0.2) is 54.3 Å². The van der Waals surface area contributed by atoms with Gasteiger partial charge in [0.2, 0.25) is 5.91 Å². The molecule has 2 aromatic rings. The Labute approximate surface area is 157 Å². The van der Waals surface area contributed by atoms with E-state index in [2.05, 4.69) is 21.7 Å². The number of carbonyl (C=O) groups excluding carboxylic acids is 2. The van der Waals surface area contributed by atoms with Gasteiger partial charge in [-0.1, -0.05) is 12.1 Å². The number of carbonyl (C=O) groups is 2. The minimum absolute atomic E-state index is 0.0375. The molecule has 2 saturated heterocycles. The number of amides is 2. The first-order chi connectivity index (χ1) is 12.7. The topological polar surface area (TPSA) is 43.9 Å². The normalized spacial score (nSPS) is 18.5. The van der Waals surface area contributed by atoms with Gasteiger partial charge in [0.05, 0.1) is 11.3 Å². The molecule has 4 rings (SSSR count). The zero-order valence-electron chi connectivity index (χ0n) is 14.8. The summed E-state index contributed by atoms with van der Waals surface area (Å²) in [4.78, 5) is 31.3. The summed E-state index contributed by atoms with van der Waals surface area (Å²) in [5, 5.41) is 4.28. The van der Waals surface area contributed by atoms with Gasteiger partial charge in [-0.2, -0.15) is 11.3 Å². The van der Waals surface area contributed by atoms with E-state index in [1.54, 1.807) is 16.2 Å². The molecule has 2 amide bonds.